The summed E-state index contributed by atoms with van der Waals surface area (Å²) in [6.07, 6.45) is 2.67. The van der Waals surface area contributed by atoms with Gasteiger partial charge in [0.05, 0.1) is 6.54 Å². The summed E-state index contributed by atoms with van der Waals surface area (Å²) in [6, 6.07) is 8.94. The van der Waals surface area contributed by atoms with Crippen LogP contribution in [0.25, 0.3) is 11.6 Å². The Balaban J connectivity index is 1.38. The van der Waals surface area contributed by atoms with Gasteiger partial charge in [-0.15, -0.1) is 0 Å². The molecule has 0 bridgehead atoms. The van der Waals surface area contributed by atoms with Crippen LogP contribution in [0.15, 0.2) is 52.0 Å². The molecule has 0 aliphatic carbocycles. The van der Waals surface area contributed by atoms with E-state index >= 15 is 0 Å². The molecule has 138 valence electrons. The van der Waals surface area contributed by atoms with E-state index in [4.69, 9.17) is 9.47 Å². The van der Waals surface area contributed by atoms with Gasteiger partial charge in [0.25, 0.3) is 0 Å². The lowest BCUT2D eigenvalue weighted by atomic mass is 10.2. The van der Waals surface area contributed by atoms with Gasteiger partial charge in [-0.25, -0.2) is 19.3 Å². The second-order valence-electron chi connectivity index (χ2n) is 5.73. The van der Waals surface area contributed by atoms with Crippen LogP contribution in [-0.4, -0.2) is 44.9 Å². The lowest BCUT2D eigenvalue weighted by Gasteiger charge is -2.26. The number of hydrogen-bond donors (Lipinski definition) is 1. The quantitative estimate of drug-likeness (QED) is 0.679. The van der Waals surface area contributed by atoms with Crippen LogP contribution in [-0.2, 0) is 11.3 Å². The highest BCUT2D eigenvalue weighted by molar-refractivity contribution is 5.76. The molecule has 3 heterocycles. The first kappa shape index (κ1) is 16.8. The Kier molecular flexibility index (Phi) is 4.52. The third-order valence-corrected chi connectivity index (χ3v) is 3.85. The molecule has 1 aliphatic heterocycles. The maximum Gasteiger partial charge on any atom is 0.442 e. The van der Waals surface area contributed by atoms with Crippen molar-refractivity contribution in [3.8, 4) is 23.1 Å². The fraction of sp³-hybridized carbons (Fsp3) is 0.235. The van der Waals surface area contributed by atoms with E-state index in [9.17, 15) is 9.59 Å². The number of rotatable bonds is 5. The number of fused-ring (bicyclic) bond motifs is 1. The van der Waals surface area contributed by atoms with Gasteiger partial charge in [0.2, 0.25) is 11.7 Å². The molecule has 1 unspecified atom stereocenters. The molecule has 1 aliphatic rings. The van der Waals surface area contributed by atoms with Gasteiger partial charge in [0.15, 0.2) is 17.3 Å². The van der Waals surface area contributed by atoms with Crippen LogP contribution in [0.3, 0.4) is 0 Å². The third-order valence-electron chi connectivity index (χ3n) is 3.85. The van der Waals surface area contributed by atoms with Crippen LogP contribution in [0, 0.1) is 0 Å². The second kappa shape index (κ2) is 7.28. The predicted octanol–water partition coefficient (Wildman–Crippen LogP) is 0.249. The number of para-hydroxylation sites is 2. The highest BCUT2D eigenvalue weighted by Gasteiger charge is 2.22. The number of aromatic nitrogens is 4. The van der Waals surface area contributed by atoms with Gasteiger partial charge in [-0.1, -0.05) is 17.3 Å². The van der Waals surface area contributed by atoms with Gasteiger partial charge in [0.1, 0.15) is 19.3 Å². The normalized spacial score (nSPS) is 15.3. The Morgan fingerprint density at radius 1 is 1.19 bits per heavy atom. The average Bonchev–Trinajstić information content (AvgIpc) is 3.07. The minimum atomic E-state index is -0.765. The minimum Gasteiger partial charge on any atom is -0.486 e. The van der Waals surface area contributed by atoms with E-state index < -0.39 is 11.7 Å². The van der Waals surface area contributed by atoms with E-state index in [1.54, 1.807) is 12.1 Å². The predicted molar refractivity (Wildman–Crippen MR) is 91.2 cm³/mol. The Labute approximate surface area is 152 Å². The summed E-state index contributed by atoms with van der Waals surface area (Å²) in [7, 11) is 0. The fourth-order valence-corrected chi connectivity index (χ4v) is 2.57. The summed E-state index contributed by atoms with van der Waals surface area (Å²) >= 11 is 0. The lowest BCUT2D eigenvalue weighted by molar-refractivity contribution is -0.122. The molecule has 27 heavy (non-hydrogen) atoms. The summed E-state index contributed by atoms with van der Waals surface area (Å²) in [5, 5.41) is 6.35. The highest BCUT2D eigenvalue weighted by Crippen LogP contribution is 2.30. The molecule has 10 nitrogen and oxygen atoms in total. The number of ether oxygens (including phenoxy) is 2. The van der Waals surface area contributed by atoms with Gasteiger partial charge < -0.3 is 14.8 Å². The summed E-state index contributed by atoms with van der Waals surface area (Å²) in [5.74, 6) is 0.405. The molecule has 1 amide bonds. The molecule has 3 aromatic rings. The van der Waals surface area contributed by atoms with Crippen LogP contribution in [0.4, 0.5) is 0 Å². The maximum absolute atomic E-state index is 12.3. The monoisotopic (exact) mass is 369 g/mol. The van der Waals surface area contributed by atoms with Crippen molar-refractivity contribution in [1.82, 2.24) is 25.0 Å². The van der Waals surface area contributed by atoms with Gasteiger partial charge in [-0.2, -0.15) is 0 Å². The van der Waals surface area contributed by atoms with E-state index in [-0.39, 0.29) is 30.8 Å². The van der Waals surface area contributed by atoms with E-state index in [2.05, 4.69) is 25.0 Å². The zero-order valence-electron chi connectivity index (χ0n) is 14.1. The number of nitrogens with zero attached hydrogens (tertiary/aromatic N) is 4. The van der Waals surface area contributed by atoms with E-state index in [0.717, 1.165) is 4.57 Å². The summed E-state index contributed by atoms with van der Waals surface area (Å²) < 4.78 is 17.1. The standard InChI is InChI=1S/C17H15N5O5/c23-14(20-8-11-10-25-12-4-1-2-5-13(12)26-11)9-22-16(21-27-17(22)24)15-18-6-3-7-19-15/h1-7,11H,8-10H2,(H,20,23). The smallest absolute Gasteiger partial charge is 0.442 e. The molecule has 0 saturated heterocycles. The Bertz CT molecular complexity index is 1000. The first-order valence-corrected chi connectivity index (χ1v) is 8.20. The number of amides is 1. The van der Waals surface area contributed by atoms with Crippen molar-refractivity contribution in [3.05, 3.63) is 53.3 Å². The van der Waals surface area contributed by atoms with Crippen LogP contribution in [0.1, 0.15) is 0 Å². The highest BCUT2D eigenvalue weighted by atomic mass is 16.6. The first-order valence-electron chi connectivity index (χ1n) is 8.20. The van der Waals surface area contributed by atoms with Crippen molar-refractivity contribution in [2.75, 3.05) is 13.2 Å². The maximum atomic E-state index is 12.3. The van der Waals surface area contributed by atoms with Crippen molar-refractivity contribution in [1.29, 1.82) is 0 Å². The molecule has 2 aromatic heterocycles. The minimum absolute atomic E-state index is 0.0851. The molecule has 0 radical (unpaired) electrons. The lowest BCUT2D eigenvalue weighted by Crippen LogP contribution is -2.42. The van der Waals surface area contributed by atoms with Crippen LogP contribution < -0.4 is 20.5 Å². The van der Waals surface area contributed by atoms with Gasteiger partial charge >= 0.3 is 5.76 Å². The molecule has 0 fully saturated rings. The Hall–Kier alpha value is -3.69. The molecule has 10 heteroatoms. The zero-order valence-corrected chi connectivity index (χ0v) is 14.1. The number of hydrogen-bond acceptors (Lipinski definition) is 8. The number of benzene rings is 1. The molecule has 1 aromatic carbocycles. The van der Waals surface area contributed by atoms with Crippen molar-refractivity contribution in [2.45, 2.75) is 12.6 Å². The van der Waals surface area contributed by atoms with Crippen molar-refractivity contribution in [2.24, 2.45) is 0 Å². The van der Waals surface area contributed by atoms with Crippen molar-refractivity contribution >= 4 is 5.91 Å². The Morgan fingerprint density at radius 3 is 2.78 bits per heavy atom. The number of carbonyl (C=O) groups is 1. The van der Waals surface area contributed by atoms with Gasteiger partial charge in [-0.3, -0.25) is 9.32 Å². The zero-order chi connectivity index (χ0) is 18.6. The summed E-state index contributed by atoms with van der Waals surface area (Å²) in [6.45, 7) is 0.262. The molecule has 1 atom stereocenters. The van der Waals surface area contributed by atoms with E-state index in [0.29, 0.717) is 18.1 Å². The van der Waals surface area contributed by atoms with Crippen LogP contribution in [0.2, 0.25) is 0 Å². The SMILES string of the molecule is O=C(Cn1c(-c2ncccn2)noc1=O)NCC1COc2ccccc2O1. The van der Waals surface area contributed by atoms with Crippen molar-refractivity contribution < 1.29 is 18.8 Å². The second-order valence-corrected chi connectivity index (χ2v) is 5.73. The largest absolute Gasteiger partial charge is 0.486 e. The number of nitrogens with one attached hydrogen (secondary N) is 1. The molecule has 0 saturated carbocycles. The summed E-state index contributed by atoms with van der Waals surface area (Å²) in [5.41, 5.74) is 0. The molecular formula is C17H15N5O5. The third kappa shape index (κ3) is 3.64. The van der Waals surface area contributed by atoms with E-state index in [1.807, 2.05) is 18.2 Å². The molecule has 0 spiro atoms. The Morgan fingerprint density at radius 2 is 1.96 bits per heavy atom. The first-order chi connectivity index (χ1) is 13.2. The average molecular weight is 369 g/mol. The summed E-state index contributed by atoms with van der Waals surface area (Å²) in [4.78, 5) is 32.1. The van der Waals surface area contributed by atoms with E-state index in [1.165, 1.54) is 12.4 Å². The molecule has 4 rings (SSSR count). The van der Waals surface area contributed by atoms with Crippen LogP contribution >= 0.6 is 0 Å². The molecule has 1 N–H and O–H groups in total. The van der Waals surface area contributed by atoms with Gasteiger partial charge in [-0.05, 0) is 18.2 Å². The topological polar surface area (TPSA) is 121 Å². The fourth-order valence-electron chi connectivity index (χ4n) is 2.57. The van der Waals surface area contributed by atoms with Crippen LogP contribution in [0.5, 0.6) is 11.5 Å². The van der Waals surface area contributed by atoms with Crippen molar-refractivity contribution in [3.63, 3.8) is 0 Å². The number of carbonyl (C=O) groups excluding carboxylic acids is 1. The van der Waals surface area contributed by atoms with Gasteiger partial charge in [0, 0.05) is 12.4 Å². The molecular weight excluding hydrogens is 354 g/mol.